The molecule has 1 aromatic rings. The number of hydrazine groups is 1. The number of amides is 1. The second-order valence-corrected chi connectivity index (χ2v) is 3.79. The molecule has 0 saturated heterocycles. The average molecular weight is 289 g/mol. The zero-order valence-corrected chi connectivity index (χ0v) is 10.9. The lowest BCUT2D eigenvalue weighted by Gasteiger charge is -2.11. The van der Waals surface area contributed by atoms with Gasteiger partial charge >= 0.3 is 6.61 Å². The van der Waals surface area contributed by atoms with Crippen molar-refractivity contribution in [1.29, 1.82) is 0 Å². The summed E-state index contributed by atoms with van der Waals surface area (Å²) in [6.07, 6.45) is 0.329. The molecule has 1 aromatic carbocycles. The van der Waals surface area contributed by atoms with Gasteiger partial charge in [-0.05, 0) is 36.5 Å². The van der Waals surface area contributed by atoms with E-state index in [0.29, 0.717) is 12.1 Å². The third-order valence-corrected chi connectivity index (χ3v) is 2.18. The number of halogens is 2. The second kappa shape index (κ2) is 7.47. The van der Waals surface area contributed by atoms with E-state index in [4.69, 9.17) is 12.2 Å². The predicted molar refractivity (Wildman–Crippen MR) is 70.9 cm³/mol. The fraction of sp³-hybridized carbons (Fsp3) is 0.273. The molecule has 3 N–H and O–H groups in total. The van der Waals surface area contributed by atoms with Crippen LogP contribution in [0.5, 0.6) is 5.75 Å². The first-order chi connectivity index (χ1) is 9.01. The van der Waals surface area contributed by atoms with E-state index in [1.54, 1.807) is 6.92 Å². The molecule has 0 fully saturated rings. The molecule has 0 aliphatic rings. The highest BCUT2D eigenvalue weighted by Gasteiger charge is 2.04. The molecule has 1 amide bonds. The average Bonchev–Trinajstić information content (AvgIpc) is 2.37. The molecule has 0 aromatic heterocycles. The number of carbonyl (C=O) groups is 1. The minimum absolute atomic E-state index is 0.0544. The van der Waals surface area contributed by atoms with Crippen LogP contribution in [-0.2, 0) is 4.79 Å². The van der Waals surface area contributed by atoms with E-state index < -0.39 is 6.61 Å². The maximum absolute atomic E-state index is 11.9. The fourth-order valence-corrected chi connectivity index (χ4v) is 1.27. The van der Waals surface area contributed by atoms with Crippen molar-refractivity contribution in [2.75, 3.05) is 5.32 Å². The Labute approximate surface area is 114 Å². The number of hydrogen-bond donors (Lipinski definition) is 3. The molecule has 8 heteroatoms. The quantitative estimate of drug-likeness (QED) is 0.584. The van der Waals surface area contributed by atoms with E-state index in [1.165, 1.54) is 24.3 Å². The van der Waals surface area contributed by atoms with Gasteiger partial charge in [0.1, 0.15) is 5.75 Å². The number of rotatable bonds is 4. The van der Waals surface area contributed by atoms with Crippen LogP contribution < -0.4 is 20.9 Å². The smallest absolute Gasteiger partial charge is 0.387 e. The van der Waals surface area contributed by atoms with Gasteiger partial charge in [0, 0.05) is 12.1 Å². The van der Waals surface area contributed by atoms with Gasteiger partial charge in [0.25, 0.3) is 0 Å². The van der Waals surface area contributed by atoms with Gasteiger partial charge in [-0.1, -0.05) is 6.92 Å². The van der Waals surface area contributed by atoms with E-state index in [1.807, 2.05) is 0 Å². The first-order valence-electron chi connectivity index (χ1n) is 5.42. The van der Waals surface area contributed by atoms with Gasteiger partial charge in [0.15, 0.2) is 5.11 Å². The van der Waals surface area contributed by atoms with Crippen molar-refractivity contribution >= 4 is 28.9 Å². The summed E-state index contributed by atoms with van der Waals surface area (Å²) in [7, 11) is 0. The van der Waals surface area contributed by atoms with Crippen LogP contribution in [0, 0.1) is 0 Å². The van der Waals surface area contributed by atoms with Crippen molar-refractivity contribution in [3.8, 4) is 5.75 Å². The SMILES string of the molecule is CCC(=O)NNC(=S)Nc1ccc(OC(F)F)cc1. The minimum atomic E-state index is -2.86. The lowest BCUT2D eigenvalue weighted by Crippen LogP contribution is -2.43. The summed E-state index contributed by atoms with van der Waals surface area (Å²) in [5.74, 6) is -0.149. The third-order valence-electron chi connectivity index (χ3n) is 1.97. The zero-order chi connectivity index (χ0) is 14.3. The van der Waals surface area contributed by atoms with Gasteiger partial charge < -0.3 is 10.1 Å². The maximum Gasteiger partial charge on any atom is 0.387 e. The van der Waals surface area contributed by atoms with Gasteiger partial charge in [-0.25, -0.2) is 0 Å². The second-order valence-electron chi connectivity index (χ2n) is 3.38. The molecule has 0 heterocycles. The van der Waals surface area contributed by atoms with Crippen LogP contribution >= 0.6 is 12.2 Å². The number of ether oxygens (including phenoxy) is 1. The molecule has 0 unspecified atom stereocenters. The van der Waals surface area contributed by atoms with Crippen LogP contribution in [0.2, 0.25) is 0 Å². The number of anilines is 1. The topological polar surface area (TPSA) is 62.4 Å². The van der Waals surface area contributed by atoms with Gasteiger partial charge in [-0.3, -0.25) is 15.6 Å². The van der Waals surface area contributed by atoms with Crippen molar-refractivity contribution in [1.82, 2.24) is 10.9 Å². The summed E-state index contributed by atoms with van der Waals surface area (Å²) in [6.45, 7) is -1.15. The van der Waals surface area contributed by atoms with Crippen LogP contribution in [-0.4, -0.2) is 17.6 Å². The van der Waals surface area contributed by atoms with Gasteiger partial charge in [0.2, 0.25) is 5.91 Å². The first kappa shape index (κ1) is 15.1. The standard InChI is InChI=1S/C11H13F2N3O2S/c1-2-9(17)15-16-11(19)14-7-3-5-8(6-4-7)18-10(12)13/h3-6,10H,2H2,1H3,(H,15,17)(H2,14,16,19). The van der Waals surface area contributed by atoms with E-state index in [9.17, 15) is 13.6 Å². The van der Waals surface area contributed by atoms with Crippen molar-refractivity contribution in [3.05, 3.63) is 24.3 Å². The van der Waals surface area contributed by atoms with Crippen LogP contribution in [0.15, 0.2) is 24.3 Å². The summed E-state index contributed by atoms with van der Waals surface area (Å²) in [6, 6.07) is 5.80. The lowest BCUT2D eigenvalue weighted by molar-refractivity contribution is -0.121. The number of thiocarbonyl (C=S) groups is 1. The maximum atomic E-state index is 11.9. The highest BCUT2D eigenvalue weighted by atomic mass is 32.1. The van der Waals surface area contributed by atoms with Crippen LogP contribution in [0.3, 0.4) is 0 Å². The third kappa shape index (κ3) is 5.96. The monoisotopic (exact) mass is 289 g/mol. The molecule has 0 bridgehead atoms. The summed E-state index contributed by atoms with van der Waals surface area (Å²) >= 11 is 4.92. The van der Waals surface area contributed by atoms with Crippen molar-refractivity contribution in [3.63, 3.8) is 0 Å². The summed E-state index contributed by atoms with van der Waals surface area (Å²) in [5, 5.41) is 2.95. The molecule has 5 nitrogen and oxygen atoms in total. The first-order valence-corrected chi connectivity index (χ1v) is 5.82. The molecule has 0 saturated carbocycles. The van der Waals surface area contributed by atoms with Crippen molar-refractivity contribution < 1.29 is 18.3 Å². The number of alkyl halides is 2. The number of carbonyl (C=O) groups excluding carboxylic acids is 1. The largest absolute Gasteiger partial charge is 0.435 e. The van der Waals surface area contributed by atoms with Crippen molar-refractivity contribution in [2.45, 2.75) is 20.0 Å². The fourth-order valence-electron chi connectivity index (χ4n) is 1.10. The molecule has 0 aliphatic carbocycles. The highest BCUT2D eigenvalue weighted by Crippen LogP contribution is 2.17. The van der Waals surface area contributed by atoms with Crippen molar-refractivity contribution in [2.24, 2.45) is 0 Å². The number of hydrogen-bond acceptors (Lipinski definition) is 3. The van der Waals surface area contributed by atoms with Crippen LogP contribution in [0.4, 0.5) is 14.5 Å². The molecular formula is C11H13F2N3O2S. The normalized spacial score (nSPS) is 9.89. The molecule has 0 aliphatic heterocycles. The summed E-state index contributed by atoms with van der Waals surface area (Å²) in [4.78, 5) is 11.0. The lowest BCUT2D eigenvalue weighted by atomic mass is 10.3. The Balaban J connectivity index is 2.44. The Morgan fingerprint density at radius 3 is 2.47 bits per heavy atom. The van der Waals surface area contributed by atoms with E-state index in [2.05, 4.69) is 20.9 Å². The Morgan fingerprint density at radius 2 is 1.95 bits per heavy atom. The van der Waals surface area contributed by atoms with E-state index in [-0.39, 0.29) is 16.8 Å². The van der Waals surface area contributed by atoms with Crippen LogP contribution in [0.1, 0.15) is 13.3 Å². The Bertz CT molecular complexity index is 440. The number of benzene rings is 1. The predicted octanol–water partition coefficient (Wildman–Crippen LogP) is 2.02. The minimum Gasteiger partial charge on any atom is -0.435 e. The molecule has 0 spiro atoms. The molecule has 104 valence electrons. The van der Waals surface area contributed by atoms with Crippen LogP contribution in [0.25, 0.3) is 0 Å². The number of nitrogens with one attached hydrogen (secondary N) is 3. The zero-order valence-electron chi connectivity index (χ0n) is 10.1. The molecule has 0 radical (unpaired) electrons. The van der Waals surface area contributed by atoms with E-state index in [0.717, 1.165) is 0 Å². The van der Waals surface area contributed by atoms with Gasteiger partial charge in [0.05, 0.1) is 0 Å². The molecular weight excluding hydrogens is 276 g/mol. The van der Waals surface area contributed by atoms with E-state index >= 15 is 0 Å². The molecule has 0 atom stereocenters. The van der Waals surface area contributed by atoms with Gasteiger partial charge in [-0.15, -0.1) is 0 Å². The highest BCUT2D eigenvalue weighted by molar-refractivity contribution is 7.80. The Hall–Kier alpha value is -1.96. The summed E-state index contributed by atoms with van der Waals surface area (Å²) < 4.78 is 28.1. The Kier molecular flexibility index (Phi) is 5.94. The summed E-state index contributed by atoms with van der Waals surface area (Å²) in [5.41, 5.74) is 5.45. The Morgan fingerprint density at radius 1 is 1.32 bits per heavy atom. The molecule has 1 rings (SSSR count). The molecule has 19 heavy (non-hydrogen) atoms. The van der Waals surface area contributed by atoms with Gasteiger partial charge in [-0.2, -0.15) is 8.78 Å².